The lowest BCUT2D eigenvalue weighted by atomic mass is 9.80. The molecule has 4 aromatic rings. The Morgan fingerprint density at radius 3 is 1.79 bits per heavy atom. The highest BCUT2D eigenvalue weighted by molar-refractivity contribution is 7.85. The van der Waals surface area contributed by atoms with Crippen LogP contribution in [0.3, 0.4) is 0 Å². The zero-order valence-corrected chi connectivity index (χ0v) is 65.9. The van der Waals surface area contributed by atoms with Crippen LogP contribution in [0.25, 0.3) is 0 Å². The van der Waals surface area contributed by atoms with Crippen LogP contribution in [0.4, 0.5) is 16.2 Å². The molecule has 33 heteroatoms. The van der Waals surface area contributed by atoms with Gasteiger partial charge < -0.3 is 40.7 Å². The second kappa shape index (κ2) is 46.8. The van der Waals surface area contributed by atoms with Crippen LogP contribution in [0, 0.1) is 11.8 Å². The molecular formula is C78H99N5O24S4. The van der Waals surface area contributed by atoms with Gasteiger partial charge in [-0.2, -0.15) is 22.6 Å². The molecule has 0 bridgehead atoms. The molecule has 29 nitrogen and oxygen atoms in total. The minimum absolute atomic E-state index is 0.0215. The number of unbranched alkanes of at least 4 members (excludes halogenated alkanes) is 6. The maximum Gasteiger partial charge on any atom is 0.425 e. The molecule has 2 aliphatic heterocycles. The molecule has 111 heavy (non-hydrogen) atoms. The van der Waals surface area contributed by atoms with E-state index >= 15 is 0 Å². The Morgan fingerprint density at radius 1 is 0.604 bits per heavy atom. The molecule has 7 N–H and O–H groups in total. The molecule has 3 aliphatic rings. The smallest absolute Gasteiger partial charge is 0.425 e. The number of amides is 3. The molecule has 0 saturated heterocycles. The number of fused-ring (bicyclic) bond motifs is 2. The lowest BCUT2D eigenvalue weighted by molar-refractivity contribution is -0.438. The summed E-state index contributed by atoms with van der Waals surface area (Å²) in [6, 6.07) is 31.4. The summed E-state index contributed by atoms with van der Waals surface area (Å²) in [5, 5.41) is 36.6. The average molecular weight is 1620 g/mol. The van der Waals surface area contributed by atoms with Gasteiger partial charge in [-0.25, -0.2) is 18.0 Å². The van der Waals surface area contributed by atoms with E-state index in [4.69, 9.17) is 39.9 Å². The van der Waals surface area contributed by atoms with E-state index in [1.165, 1.54) is 0 Å². The van der Waals surface area contributed by atoms with Gasteiger partial charge in [-0.1, -0.05) is 136 Å². The fourth-order valence-electron chi connectivity index (χ4n) is 13.8. The van der Waals surface area contributed by atoms with Crippen molar-refractivity contribution in [3.8, 4) is 0 Å². The summed E-state index contributed by atoms with van der Waals surface area (Å²) in [6.07, 6.45) is 17.1. The molecule has 0 aromatic heterocycles. The van der Waals surface area contributed by atoms with Gasteiger partial charge in [0.1, 0.15) is 24.2 Å². The van der Waals surface area contributed by atoms with Crippen LogP contribution in [0.15, 0.2) is 150 Å². The van der Waals surface area contributed by atoms with E-state index < -0.39 is 99.9 Å². The van der Waals surface area contributed by atoms with Gasteiger partial charge in [-0.05, 0) is 148 Å². The molecule has 4 aromatic carbocycles. The summed E-state index contributed by atoms with van der Waals surface area (Å²) in [4.78, 5) is 106. The summed E-state index contributed by atoms with van der Waals surface area (Å²) >= 11 is 0. The third-order valence-corrected chi connectivity index (χ3v) is 20.8. The maximum absolute atomic E-state index is 13.5. The molecule has 3 amide bonds. The molecule has 2 heterocycles. The molecule has 3 atom stereocenters. The van der Waals surface area contributed by atoms with Gasteiger partial charge in [-0.3, -0.25) is 28.5 Å². The standard InChI is InChI=1S/C77H99N5O16S2.CO2.2O3S/c1-76(2)64-28-12-14-30-67(64)81(45-17-19-47-99(93,94)95)69(76)41-37-57-25-21-26-58(38-42-70-77(3,4)65-29-13-15-31-68(65)82(70)46-18-20-48-100(96,97)98)63(57)51-56-35-33-55(34-36-56)50-60(73(88)89)53-61(83)27-11-6-5-7-16-43-78-72(87)59(49-54-23-9-8-10-24-54)52-62(84)39-40-66(74(90)91)80-75(92)79-44-22-32-71(85)86;2-1-3;2*1-4(2)3/h8-10,12-15,23-24,28-31,33-38,41-42,59-60,66H,5-7,11,16-22,25-27,32,39-40,43-53H2,1-4H3,(H7-,78,79,80,85,86,87,88,89,90,91,92,93,94,95,96,97,98);;;/t59-,60-,66+;;;/m1.../s1. The number of Topliss-reactive ketones (excluding diaryl/α,β-unsaturated/α-hetero) is 2. The van der Waals surface area contributed by atoms with Crippen molar-refractivity contribution in [1.82, 2.24) is 16.0 Å². The average Bonchev–Trinajstić information content (AvgIpc) is 1.60. The topological polar surface area (TPSA) is 471 Å². The van der Waals surface area contributed by atoms with Crippen LogP contribution in [0.5, 0.6) is 0 Å². The molecule has 1 aliphatic carbocycles. The number of nitrogens with one attached hydrogen (secondary N) is 3. The lowest BCUT2D eigenvalue weighted by Gasteiger charge is -2.28. The lowest BCUT2D eigenvalue weighted by Crippen LogP contribution is -2.46. The fraction of sp³-hybridized carbons (Fsp3) is 0.474. The summed E-state index contributed by atoms with van der Waals surface area (Å²) in [7, 11) is -14.7. The molecule has 0 saturated carbocycles. The van der Waals surface area contributed by atoms with E-state index in [9.17, 15) is 69.7 Å². The highest BCUT2D eigenvalue weighted by Crippen LogP contribution is 2.48. The fourth-order valence-corrected chi connectivity index (χ4v) is 14.9. The minimum Gasteiger partial charge on any atom is -0.748 e. The molecular weight excluding hydrogens is 1520 g/mol. The van der Waals surface area contributed by atoms with Crippen molar-refractivity contribution >= 4 is 106 Å². The summed E-state index contributed by atoms with van der Waals surface area (Å²) in [6.45, 7) is 10.2. The van der Waals surface area contributed by atoms with Crippen LogP contribution < -0.4 is 20.9 Å². The maximum atomic E-state index is 13.5. The van der Waals surface area contributed by atoms with Crippen molar-refractivity contribution < 1.29 is 114 Å². The van der Waals surface area contributed by atoms with E-state index in [-0.39, 0.29) is 100 Å². The Bertz CT molecular complexity index is 4530. The molecule has 7 rings (SSSR count). The molecule has 0 fully saturated rings. The predicted octanol–water partition coefficient (Wildman–Crippen LogP) is 9.23. The van der Waals surface area contributed by atoms with E-state index in [2.05, 4.69) is 102 Å². The van der Waals surface area contributed by atoms with Gasteiger partial charge in [0.25, 0.3) is 10.1 Å². The predicted molar refractivity (Wildman–Crippen MR) is 409 cm³/mol. The van der Waals surface area contributed by atoms with Crippen LogP contribution in [-0.4, -0.2) is 168 Å². The van der Waals surface area contributed by atoms with Gasteiger partial charge in [0.15, 0.2) is 5.71 Å². The van der Waals surface area contributed by atoms with Gasteiger partial charge >= 0.3 is 51.3 Å². The van der Waals surface area contributed by atoms with Crippen LogP contribution in [-0.2, 0) is 110 Å². The van der Waals surface area contributed by atoms with Crippen LogP contribution in [0.2, 0.25) is 0 Å². The summed E-state index contributed by atoms with van der Waals surface area (Å²) in [5.41, 5.74) is 11.8. The number of rotatable bonds is 42. The first kappa shape index (κ1) is 93.6. The summed E-state index contributed by atoms with van der Waals surface area (Å²) in [5.74, 6) is -6.64. The Kier molecular flexibility index (Phi) is 39.5. The molecule has 0 radical (unpaired) electrons. The van der Waals surface area contributed by atoms with E-state index in [0.29, 0.717) is 58.2 Å². The zero-order chi connectivity index (χ0) is 82.5. The highest BCUT2D eigenvalue weighted by Gasteiger charge is 2.44. The largest absolute Gasteiger partial charge is 0.748 e. The first-order chi connectivity index (χ1) is 52.4. The van der Waals surface area contributed by atoms with Crippen molar-refractivity contribution in [2.24, 2.45) is 11.8 Å². The second-order valence-electron chi connectivity index (χ2n) is 28.1. The number of hydrogen-bond acceptors (Lipinski definition) is 21. The monoisotopic (exact) mass is 1620 g/mol. The van der Waals surface area contributed by atoms with Gasteiger partial charge in [-0.15, -0.1) is 25.3 Å². The second-order valence-corrected chi connectivity index (χ2v) is 32.0. The van der Waals surface area contributed by atoms with E-state index in [0.717, 1.165) is 106 Å². The number of carboxylic acid groups (broad SMARTS) is 3. The van der Waals surface area contributed by atoms with Crippen molar-refractivity contribution in [2.75, 3.05) is 42.6 Å². The number of urea groups is 1. The number of nitrogens with zero attached hydrogens (tertiary/aromatic N) is 2. The number of benzene rings is 4. The van der Waals surface area contributed by atoms with E-state index in [1.807, 2.05) is 78.9 Å². The number of para-hydroxylation sites is 2. The van der Waals surface area contributed by atoms with E-state index in [1.54, 1.807) is 0 Å². The highest BCUT2D eigenvalue weighted by atomic mass is 32.2. The minimum atomic E-state index is -4.36. The quantitative estimate of drug-likeness (QED) is 0.0123. The molecule has 0 spiro atoms. The van der Waals surface area contributed by atoms with Gasteiger partial charge in [0.05, 0.1) is 27.2 Å². The molecule has 0 unspecified atom stereocenters. The van der Waals surface area contributed by atoms with Crippen molar-refractivity contribution in [3.05, 3.63) is 178 Å². The van der Waals surface area contributed by atoms with Gasteiger partial charge in [0, 0.05) is 104 Å². The first-order valence-corrected chi connectivity index (χ1v) is 41.6. The number of carbonyl (C=O) groups is 7. The number of carbonyl (C=O) groups excluding carboxylic acids is 6. The third-order valence-electron chi connectivity index (χ3n) is 19.2. The van der Waals surface area contributed by atoms with Crippen molar-refractivity contribution in [2.45, 2.75) is 186 Å². The Balaban J connectivity index is 0.00000221. The van der Waals surface area contributed by atoms with Gasteiger partial charge in [0.2, 0.25) is 11.6 Å². The van der Waals surface area contributed by atoms with Crippen LogP contribution in [0.1, 0.15) is 178 Å². The summed E-state index contributed by atoms with van der Waals surface area (Å²) < 4.78 is 121. The van der Waals surface area contributed by atoms with Crippen molar-refractivity contribution in [1.29, 1.82) is 0 Å². The number of allylic oxidation sites excluding steroid dienone is 8. The zero-order valence-electron chi connectivity index (χ0n) is 62.6. The molecule has 604 valence electrons. The Labute approximate surface area is 650 Å². The third kappa shape index (κ3) is 33.8. The Morgan fingerprint density at radius 2 is 1.16 bits per heavy atom. The van der Waals surface area contributed by atoms with Crippen molar-refractivity contribution in [3.63, 3.8) is 0 Å². The SMILES string of the molecule is CC1(C)C(=CC=C2CCCC(C=CC3=[N+](CCCCS(=O)(=O)O)c4ccccc4C3(C)C)=C2Cc2ccc(C[C@H](CC(=O)CCCCCCCNC(=O)[C@@H](CC(=O)CC[C@H](NC(=O)NCCCC(=O)O)C(=O)O)Cc3ccccc3)C(=O)O)cc2)N(CCCCS(=O)(=O)[O-])c2ccccc21.O=C=O.O=S(=O)=O.O=S(=O)=O. The number of ketones is 2. The number of aliphatic carboxylic acids is 3. The van der Waals surface area contributed by atoms with Crippen LogP contribution >= 0.6 is 0 Å². The number of anilines is 1. The number of hydrogen-bond donors (Lipinski definition) is 7. The normalized spacial score (nSPS) is 15.5. The number of carboxylic acids is 3. The Hall–Kier alpha value is -9.76. The first-order valence-electron chi connectivity index (χ1n) is 36.4.